The summed E-state index contributed by atoms with van der Waals surface area (Å²) in [5, 5.41) is 15.2. The van der Waals surface area contributed by atoms with Crippen molar-refractivity contribution >= 4 is 0 Å². The van der Waals surface area contributed by atoms with E-state index in [0.717, 1.165) is 12.8 Å². The quantitative estimate of drug-likeness (QED) is 0.837. The second kappa shape index (κ2) is 5.54. The fraction of sp³-hybridized carbons (Fsp3) is 0.417. The smallest absolute Gasteiger partial charge is 0.0544 e. The molecule has 2 aromatic heterocycles. The van der Waals surface area contributed by atoms with Crippen molar-refractivity contribution in [2.75, 3.05) is 7.05 Å². The number of hydrogen-bond acceptors (Lipinski definition) is 4. The van der Waals surface area contributed by atoms with Crippen LogP contribution in [-0.2, 0) is 13.5 Å². The van der Waals surface area contributed by atoms with Crippen LogP contribution in [0.15, 0.2) is 30.9 Å². The van der Waals surface area contributed by atoms with Crippen LogP contribution >= 0.6 is 0 Å². The van der Waals surface area contributed by atoms with Crippen LogP contribution in [0.25, 0.3) is 0 Å². The molecule has 0 aromatic carbocycles. The molecule has 0 saturated heterocycles. The third kappa shape index (κ3) is 3.10. The first-order valence-corrected chi connectivity index (χ1v) is 5.71. The predicted octanol–water partition coefficient (Wildman–Crippen LogP) is 1.10. The van der Waals surface area contributed by atoms with Crippen LogP contribution < -0.4 is 5.32 Å². The van der Waals surface area contributed by atoms with Crippen LogP contribution in [0.4, 0.5) is 0 Å². The summed E-state index contributed by atoms with van der Waals surface area (Å²) < 4.78 is 1.83. The molecular weight excluding hydrogens is 214 g/mol. The molecule has 2 rings (SSSR count). The SMILES string of the molecule is CNC(CCc1cnn(C)c1)c1ccnnc1. The average Bonchev–Trinajstić information content (AvgIpc) is 2.77. The topological polar surface area (TPSA) is 55.6 Å². The van der Waals surface area contributed by atoms with E-state index in [2.05, 4.69) is 26.8 Å². The van der Waals surface area contributed by atoms with Gasteiger partial charge in [0.25, 0.3) is 0 Å². The van der Waals surface area contributed by atoms with Gasteiger partial charge in [-0.05, 0) is 37.1 Å². The van der Waals surface area contributed by atoms with E-state index in [1.807, 2.05) is 37.2 Å². The molecule has 0 spiro atoms. The largest absolute Gasteiger partial charge is 0.313 e. The van der Waals surface area contributed by atoms with Crippen LogP contribution in [0.2, 0.25) is 0 Å². The van der Waals surface area contributed by atoms with Crippen molar-refractivity contribution in [3.63, 3.8) is 0 Å². The second-order valence-electron chi connectivity index (χ2n) is 4.08. The van der Waals surface area contributed by atoms with Crippen molar-refractivity contribution < 1.29 is 0 Å². The van der Waals surface area contributed by atoms with Gasteiger partial charge < -0.3 is 5.32 Å². The number of aromatic nitrogens is 4. The maximum atomic E-state index is 4.17. The zero-order valence-electron chi connectivity index (χ0n) is 10.2. The van der Waals surface area contributed by atoms with Crippen LogP contribution in [0.3, 0.4) is 0 Å². The lowest BCUT2D eigenvalue weighted by atomic mass is 10.0. The molecule has 0 radical (unpaired) electrons. The Morgan fingerprint density at radius 3 is 2.82 bits per heavy atom. The summed E-state index contributed by atoms with van der Waals surface area (Å²) in [6.07, 6.45) is 9.53. The molecule has 90 valence electrons. The molecule has 2 heterocycles. The lowest BCUT2D eigenvalue weighted by molar-refractivity contribution is 0.546. The van der Waals surface area contributed by atoms with Gasteiger partial charge in [-0.15, -0.1) is 0 Å². The van der Waals surface area contributed by atoms with Gasteiger partial charge in [0.1, 0.15) is 0 Å². The Balaban J connectivity index is 1.97. The van der Waals surface area contributed by atoms with Gasteiger partial charge >= 0.3 is 0 Å². The van der Waals surface area contributed by atoms with Gasteiger partial charge in [-0.2, -0.15) is 15.3 Å². The molecule has 0 aliphatic heterocycles. The Labute approximate surface area is 101 Å². The summed E-state index contributed by atoms with van der Waals surface area (Å²) in [5.41, 5.74) is 2.43. The zero-order chi connectivity index (χ0) is 12.1. The van der Waals surface area contributed by atoms with Crippen molar-refractivity contribution in [1.82, 2.24) is 25.3 Å². The molecule has 0 aliphatic rings. The van der Waals surface area contributed by atoms with E-state index in [1.165, 1.54) is 11.1 Å². The first kappa shape index (κ1) is 11.7. The summed E-state index contributed by atoms with van der Waals surface area (Å²) >= 11 is 0. The molecule has 0 aliphatic carbocycles. The summed E-state index contributed by atoms with van der Waals surface area (Å²) in [6.45, 7) is 0. The van der Waals surface area contributed by atoms with E-state index in [0.29, 0.717) is 6.04 Å². The Morgan fingerprint density at radius 2 is 2.24 bits per heavy atom. The van der Waals surface area contributed by atoms with E-state index < -0.39 is 0 Å². The second-order valence-corrected chi connectivity index (χ2v) is 4.08. The molecule has 1 atom stereocenters. The molecule has 0 bridgehead atoms. The zero-order valence-corrected chi connectivity index (χ0v) is 10.2. The van der Waals surface area contributed by atoms with E-state index in [9.17, 15) is 0 Å². The maximum Gasteiger partial charge on any atom is 0.0544 e. The molecule has 1 unspecified atom stereocenters. The summed E-state index contributed by atoms with van der Waals surface area (Å²) in [4.78, 5) is 0. The number of hydrogen-bond donors (Lipinski definition) is 1. The minimum atomic E-state index is 0.311. The fourth-order valence-corrected chi connectivity index (χ4v) is 1.90. The van der Waals surface area contributed by atoms with E-state index in [-0.39, 0.29) is 0 Å². The number of nitrogens with zero attached hydrogens (tertiary/aromatic N) is 4. The third-order valence-corrected chi connectivity index (χ3v) is 2.84. The molecular formula is C12H17N5. The molecule has 5 heteroatoms. The van der Waals surface area contributed by atoms with Crippen LogP contribution in [-0.4, -0.2) is 27.0 Å². The first-order chi connectivity index (χ1) is 8.29. The fourth-order valence-electron chi connectivity index (χ4n) is 1.90. The summed E-state index contributed by atoms with van der Waals surface area (Å²) in [5.74, 6) is 0. The van der Waals surface area contributed by atoms with Crippen LogP contribution in [0, 0.1) is 0 Å². The van der Waals surface area contributed by atoms with Gasteiger partial charge in [-0.1, -0.05) is 0 Å². The van der Waals surface area contributed by atoms with Crippen LogP contribution in [0.1, 0.15) is 23.6 Å². The molecule has 17 heavy (non-hydrogen) atoms. The molecule has 2 aromatic rings. The Hall–Kier alpha value is -1.75. The minimum Gasteiger partial charge on any atom is -0.313 e. The molecule has 0 saturated carbocycles. The number of rotatable bonds is 5. The first-order valence-electron chi connectivity index (χ1n) is 5.71. The van der Waals surface area contributed by atoms with Gasteiger partial charge in [0, 0.05) is 25.5 Å². The highest BCUT2D eigenvalue weighted by Crippen LogP contribution is 2.17. The van der Waals surface area contributed by atoms with E-state index >= 15 is 0 Å². The summed E-state index contributed by atoms with van der Waals surface area (Å²) in [6, 6.07) is 2.31. The highest BCUT2D eigenvalue weighted by atomic mass is 15.2. The Morgan fingerprint density at radius 1 is 1.35 bits per heavy atom. The lowest BCUT2D eigenvalue weighted by Gasteiger charge is -2.15. The Bertz CT molecular complexity index is 451. The van der Waals surface area contributed by atoms with Crippen molar-refractivity contribution in [3.8, 4) is 0 Å². The van der Waals surface area contributed by atoms with E-state index in [1.54, 1.807) is 6.20 Å². The molecule has 5 nitrogen and oxygen atoms in total. The number of aryl methyl sites for hydroxylation is 2. The Kier molecular flexibility index (Phi) is 3.82. The monoisotopic (exact) mass is 231 g/mol. The maximum absolute atomic E-state index is 4.17. The van der Waals surface area contributed by atoms with E-state index in [4.69, 9.17) is 0 Å². The van der Waals surface area contributed by atoms with Crippen molar-refractivity contribution in [1.29, 1.82) is 0 Å². The van der Waals surface area contributed by atoms with Crippen molar-refractivity contribution in [2.24, 2.45) is 7.05 Å². The van der Waals surface area contributed by atoms with Crippen molar-refractivity contribution in [3.05, 3.63) is 42.0 Å². The van der Waals surface area contributed by atoms with Gasteiger partial charge in [-0.3, -0.25) is 4.68 Å². The standard InChI is InChI=1S/C12H17N5/c1-13-12(11-5-6-14-15-8-11)4-3-10-7-16-17(2)9-10/h5-9,12-13H,3-4H2,1-2H3. The highest BCUT2D eigenvalue weighted by Gasteiger charge is 2.09. The van der Waals surface area contributed by atoms with Gasteiger partial charge in [0.2, 0.25) is 0 Å². The third-order valence-electron chi connectivity index (χ3n) is 2.84. The highest BCUT2D eigenvalue weighted by molar-refractivity contribution is 5.13. The molecule has 1 N–H and O–H groups in total. The minimum absolute atomic E-state index is 0.311. The van der Waals surface area contributed by atoms with Gasteiger partial charge in [-0.25, -0.2) is 0 Å². The normalized spacial score (nSPS) is 12.6. The van der Waals surface area contributed by atoms with Gasteiger partial charge in [0.05, 0.1) is 12.4 Å². The number of nitrogens with one attached hydrogen (secondary N) is 1. The summed E-state index contributed by atoms with van der Waals surface area (Å²) in [7, 11) is 3.90. The van der Waals surface area contributed by atoms with Crippen molar-refractivity contribution in [2.45, 2.75) is 18.9 Å². The predicted molar refractivity (Wildman–Crippen MR) is 65.4 cm³/mol. The lowest BCUT2D eigenvalue weighted by Crippen LogP contribution is -2.17. The molecule has 0 amide bonds. The average molecular weight is 231 g/mol. The van der Waals surface area contributed by atoms with Gasteiger partial charge in [0.15, 0.2) is 0 Å². The van der Waals surface area contributed by atoms with Crippen LogP contribution in [0.5, 0.6) is 0 Å². The molecule has 0 fully saturated rings.